The minimum atomic E-state index is 0.368. The molecule has 1 aromatic carbocycles. The highest BCUT2D eigenvalue weighted by Crippen LogP contribution is 2.28. The number of anilines is 1. The first-order valence-corrected chi connectivity index (χ1v) is 8.27. The maximum atomic E-state index is 5.43. The van der Waals surface area contributed by atoms with Crippen LogP contribution in [0, 0.1) is 20.8 Å². The Bertz CT molecular complexity index is 831. The predicted octanol–water partition coefficient (Wildman–Crippen LogP) is 4.66. The summed E-state index contributed by atoms with van der Waals surface area (Å²) in [5, 5.41) is 8.20. The summed E-state index contributed by atoms with van der Waals surface area (Å²) in [5.74, 6) is 0.649. The van der Waals surface area contributed by atoms with E-state index < -0.39 is 0 Å². The van der Waals surface area contributed by atoms with Crippen molar-refractivity contribution in [3.8, 4) is 11.5 Å². The minimum absolute atomic E-state index is 0.368. The summed E-state index contributed by atoms with van der Waals surface area (Å²) >= 11 is 0. The number of aryl methyl sites for hydroxylation is 1. The van der Waals surface area contributed by atoms with Gasteiger partial charge in [0.15, 0.2) is 0 Å². The van der Waals surface area contributed by atoms with Crippen LogP contribution in [0.25, 0.3) is 11.5 Å². The van der Waals surface area contributed by atoms with Crippen LogP contribution < -0.4 is 5.32 Å². The molecule has 126 valence electrons. The minimum Gasteiger partial charge on any atom is -0.445 e. The summed E-state index contributed by atoms with van der Waals surface area (Å²) in [6, 6.07) is 6.50. The molecule has 0 aliphatic rings. The number of rotatable bonds is 5. The average Bonchev–Trinajstić information content (AvgIpc) is 3.16. The Hall–Kier alpha value is -2.56. The quantitative estimate of drug-likeness (QED) is 0.742. The Morgan fingerprint density at radius 1 is 1.21 bits per heavy atom. The summed E-state index contributed by atoms with van der Waals surface area (Å²) in [7, 11) is 0. The van der Waals surface area contributed by atoms with Gasteiger partial charge in [-0.05, 0) is 52.3 Å². The SMILES string of the molecule is Cc1nn(C(C)C)c(C)c1CNc1cccc(-c2ncco2)c1C. The molecule has 5 nitrogen and oxygen atoms in total. The zero-order valence-electron chi connectivity index (χ0n) is 14.9. The number of aromatic nitrogens is 3. The van der Waals surface area contributed by atoms with Gasteiger partial charge in [-0.3, -0.25) is 4.68 Å². The fourth-order valence-corrected chi connectivity index (χ4v) is 3.05. The lowest BCUT2D eigenvalue weighted by Gasteiger charge is -2.13. The van der Waals surface area contributed by atoms with E-state index in [-0.39, 0.29) is 0 Å². The third kappa shape index (κ3) is 2.94. The van der Waals surface area contributed by atoms with E-state index in [1.165, 1.54) is 11.3 Å². The summed E-state index contributed by atoms with van der Waals surface area (Å²) in [5.41, 5.74) is 6.78. The maximum Gasteiger partial charge on any atom is 0.226 e. The summed E-state index contributed by atoms with van der Waals surface area (Å²) in [6.07, 6.45) is 3.27. The Kier molecular flexibility index (Phi) is 4.42. The molecule has 24 heavy (non-hydrogen) atoms. The highest BCUT2D eigenvalue weighted by Gasteiger charge is 2.14. The Morgan fingerprint density at radius 3 is 2.62 bits per heavy atom. The van der Waals surface area contributed by atoms with E-state index in [1.54, 1.807) is 12.5 Å². The molecule has 0 spiro atoms. The topological polar surface area (TPSA) is 55.9 Å². The Labute approximate surface area is 142 Å². The summed E-state index contributed by atoms with van der Waals surface area (Å²) in [4.78, 5) is 4.25. The molecular formula is C19H24N4O. The molecule has 2 aromatic heterocycles. The largest absolute Gasteiger partial charge is 0.445 e. The molecule has 0 saturated heterocycles. The van der Waals surface area contributed by atoms with Gasteiger partial charge < -0.3 is 9.73 Å². The van der Waals surface area contributed by atoms with Gasteiger partial charge in [0.1, 0.15) is 6.26 Å². The van der Waals surface area contributed by atoms with E-state index in [0.717, 1.165) is 29.1 Å². The first-order valence-electron chi connectivity index (χ1n) is 8.27. The molecule has 0 aliphatic heterocycles. The van der Waals surface area contributed by atoms with Crippen molar-refractivity contribution in [2.75, 3.05) is 5.32 Å². The van der Waals surface area contributed by atoms with Gasteiger partial charge in [0.05, 0.1) is 11.9 Å². The Balaban J connectivity index is 1.85. The van der Waals surface area contributed by atoms with E-state index >= 15 is 0 Å². The van der Waals surface area contributed by atoms with E-state index in [9.17, 15) is 0 Å². The van der Waals surface area contributed by atoms with Crippen LogP contribution >= 0.6 is 0 Å². The van der Waals surface area contributed by atoms with Crippen molar-refractivity contribution < 1.29 is 4.42 Å². The van der Waals surface area contributed by atoms with E-state index in [4.69, 9.17) is 4.42 Å². The molecule has 3 rings (SSSR count). The van der Waals surface area contributed by atoms with Gasteiger partial charge in [-0.2, -0.15) is 5.10 Å². The van der Waals surface area contributed by atoms with Gasteiger partial charge in [0, 0.05) is 35.1 Å². The van der Waals surface area contributed by atoms with Gasteiger partial charge in [-0.25, -0.2) is 4.98 Å². The van der Waals surface area contributed by atoms with Gasteiger partial charge in [-0.1, -0.05) is 6.07 Å². The molecule has 0 unspecified atom stereocenters. The monoisotopic (exact) mass is 324 g/mol. The van der Waals surface area contributed by atoms with Crippen LogP contribution in [0.3, 0.4) is 0 Å². The normalized spacial score (nSPS) is 11.2. The number of benzene rings is 1. The zero-order chi connectivity index (χ0) is 17.3. The molecule has 0 amide bonds. The van der Waals surface area contributed by atoms with Crippen molar-refractivity contribution in [2.45, 2.75) is 47.2 Å². The van der Waals surface area contributed by atoms with Crippen molar-refractivity contribution in [3.05, 3.63) is 53.2 Å². The molecule has 2 heterocycles. The van der Waals surface area contributed by atoms with Crippen molar-refractivity contribution in [3.63, 3.8) is 0 Å². The fourth-order valence-electron chi connectivity index (χ4n) is 3.05. The molecule has 5 heteroatoms. The van der Waals surface area contributed by atoms with Crippen molar-refractivity contribution in [1.82, 2.24) is 14.8 Å². The average molecular weight is 324 g/mol. The van der Waals surface area contributed by atoms with E-state index in [2.05, 4.69) is 60.8 Å². The standard InChI is InChI=1S/C19H24N4O/c1-12(2)23-15(5)17(14(4)22-23)11-21-18-8-6-7-16(13(18)3)19-20-9-10-24-19/h6-10,12,21H,11H2,1-5H3. The van der Waals surface area contributed by atoms with Gasteiger partial charge >= 0.3 is 0 Å². The lowest BCUT2D eigenvalue weighted by atomic mass is 10.1. The Morgan fingerprint density at radius 2 is 2.00 bits per heavy atom. The van der Waals surface area contributed by atoms with Crippen LogP contribution in [0.5, 0.6) is 0 Å². The zero-order valence-corrected chi connectivity index (χ0v) is 14.9. The van der Waals surface area contributed by atoms with E-state index in [0.29, 0.717) is 11.9 Å². The lowest BCUT2D eigenvalue weighted by Crippen LogP contribution is -2.07. The third-order valence-electron chi connectivity index (χ3n) is 4.42. The van der Waals surface area contributed by atoms with Crippen molar-refractivity contribution in [1.29, 1.82) is 0 Å². The van der Waals surface area contributed by atoms with Crippen molar-refractivity contribution >= 4 is 5.69 Å². The predicted molar refractivity (Wildman–Crippen MR) is 96.1 cm³/mol. The summed E-state index contributed by atoms with van der Waals surface area (Å²) in [6.45, 7) is 11.3. The van der Waals surface area contributed by atoms with E-state index in [1.807, 2.05) is 12.1 Å². The number of nitrogens with zero attached hydrogens (tertiary/aromatic N) is 3. The van der Waals surface area contributed by atoms with Gasteiger partial charge in [0.2, 0.25) is 5.89 Å². The highest BCUT2D eigenvalue weighted by molar-refractivity contribution is 5.68. The molecule has 0 radical (unpaired) electrons. The van der Waals surface area contributed by atoms with Crippen LogP contribution in [-0.2, 0) is 6.54 Å². The molecule has 0 fully saturated rings. The molecule has 0 atom stereocenters. The number of oxazole rings is 1. The second-order valence-corrected chi connectivity index (χ2v) is 6.36. The molecule has 3 aromatic rings. The third-order valence-corrected chi connectivity index (χ3v) is 4.42. The van der Waals surface area contributed by atoms with Gasteiger partial charge in [0.25, 0.3) is 0 Å². The van der Waals surface area contributed by atoms with Crippen molar-refractivity contribution in [2.24, 2.45) is 0 Å². The maximum absolute atomic E-state index is 5.43. The number of hydrogen-bond acceptors (Lipinski definition) is 4. The van der Waals surface area contributed by atoms with Crippen LogP contribution in [0.15, 0.2) is 35.1 Å². The molecule has 0 aliphatic carbocycles. The van der Waals surface area contributed by atoms with Crippen LogP contribution in [0.2, 0.25) is 0 Å². The second-order valence-electron chi connectivity index (χ2n) is 6.36. The van der Waals surface area contributed by atoms with Crippen LogP contribution in [0.4, 0.5) is 5.69 Å². The fraction of sp³-hybridized carbons (Fsp3) is 0.368. The van der Waals surface area contributed by atoms with Crippen LogP contribution in [0.1, 0.15) is 42.4 Å². The number of hydrogen-bond donors (Lipinski definition) is 1. The number of nitrogens with one attached hydrogen (secondary N) is 1. The molecular weight excluding hydrogens is 300 g/mol. The highest BCUT2D eigenvalue weighted by atomic mass is 16.3. The smallest absolute Gasteiger partial charge is 0.226 e. The summed E-state index contributed by atoms with van der Waals surface area (Å²) < 4.78 is 7.52. The van der Waals surface area contributed by atoms with Crippen LogP contribution in [-0.4, -0.2) is 14.8 Å². The molecule has 0 bridgehead atoms. The first-order chi connectivity index (χ1) is 11.5. The molecule has 1 N–H and O–H groups in total. The first kappa shape index (κ1) is 16.3. The lowest BCUT2D eigenvalue weighted by molar-refractivity contribution is 0.515. The molecule has 0 saturated carbocycles. The second kappa shape index (κ2) is 6.51. The van der Waals surface area contributed by atoms with Gasteiger partial charge in [-0.15, -0.1) is 0 Å².